The van der Waals surface area contributed by atoms with Crippen LogP contribution >= 0.6 is 11.6 Å². The zero-order chi connectivity index (χ0) is 24.0. The first-order chi connectivity index (χ1) is 16.4. The fourth-order valence-corrected chi connectivity index (χ4v) is 4.16. The molecule has 1 saturated heterocycles. The minimum atomic E-state index is -0.939. The summed E-state index contributed by atoms with van der Waals surface area (Å²) in [4.78, 5) is 6.62. The van der Waals surface area contributed by atoms with E-state index in [1.54, 1.807) is 0 Å². The second kappa shape index (κ2) is 11.0. The standard InChI is InChI=1S/C29H29ClN2O2/c1-2-29(34)17-19-32(21-28(29)33)18-3-4-22-5-7-23(8-6-22)9-15-27-16-12-25(20-31-27)24-10-13-26(30)14-11-24/h3-8,10-14,16,20,28,33-34H,2,17-19,21H2,1H3/b4-3+/t28-,29+/m0/s1. The van der Waals surface area contributed by atoms with E-state index in [1.165, 1.54) is 0 Å². The molecular formula is C29H29ClN2O2. The normalized spacial score (nSPS) is 20.8. The summed E-state index contributed by atoms with van der Waals surface area (Å²) >= 11 is 5.95. The van der Waals surface area contributed by atoms with Crippen molar-refractivity contribution in [3.8, 4) is 23.0 Å². The maximum absolute atomic E-state index is 10.4. The van der Waals surface area contributed by atoms with E-state index in [-0.39, 0.29) is 0 Å². The molecule has 0 spiro atoms. The second-order valence-electron chi connectivity index (χ2n) is 8.70. The van der Waals surface area contributed by atoms with Crippen molar-refractivity contribution in [2.24, 2.45) is 0 Å². The van der Waals surface area contributed by atoms with Crippen LogP contribution in [0.4, 0.5) is 0 Å². The summed E-state index contributed by atoms with van der Waals surface area (Å²) in [6.07, 6.45) is 6.48. The number of hydrogen-bond acceptors (Lipinski definition) is 4. The third kappa shape index (κ3) is 6.14. The van der Waals surface area contributed by atoms with E-state index in [0.29, 0.717) is 24.4 Å². The maximum atomic E-state index is 10.4. The van der Waals surface area contributed by atoms with Gasteiger partial charge in [-0.15, -0.1) is 0 Å². The van der Waals surface area contributed by atoms with Crippen molar-refractivity contribution in [1.29, 1.82) is 0 Å². The third-order valence-electron chi connectivity index (χ3n) is 6.39. The Bertz CT molecular complexity index is 1180. The summed E-state index contributed by atoms with van der Waals surface area (Å²) in [6, 6.07) is 19.7. The molecule has 174 valence electrons. The molecule has 5 heteroatoms. The molecule has 1 aliphatic heterocycles. The zero-order valence-electron chi connectivity index (χ0n) is 19.3. The molecule has 1 aromatic heterocycles. The molecule has 0 amide bonds. The summed E-state index contributed by atoms with van der Waals surface area (Å²) < 4.78 is 0. The Labute approximate surface area is 206 Å². The van der Waals surface area contributed by atoms with Gasteiger partial charge in [-0.25, -0.2) is 4.98 Å². The number of benzene rings is 2. The van der Waals surface area contributed by atoms with Crippen LogP contribution in [0.15, 0.2) is 72.9 Å². The van der Waals surface area contributed by atoms with Crippen LogP contribution in [0.1, 0.15) is 36.6 Å². The van der Waals surface area contributed by atoms with Crippen LogP contribution in [0.25, 0.3) is 17.2 Å². The largest absolute Gasteiger partial charge is 0.389 e. The van der Waals surface area contributed by atoms with Gasteiger partial charge in [-0.3, -0.25) is 4.90 Å². The summed E-state index contributed by atoms with van der Waals surface area (Å²) in [7, 11) is 0. The van der Waals surface area contributed by atoms with E-state index < -0.39 is 11.7 Å². The van der Waals surface area contributed by atoms with Crippen LogP contribution < -0.4 is 0 Å². The maximum Gasteiger partial charge on any atom is 0.113 e. The van der Waals surface area contributed by atoms with Gasteiger partial charge in [0.05, 0.1) is 11.7 Å². The number of aliphatic hydroxyl groups excluding tert-OH is 1. The van der Waals surface area contributed by atoms with Gasteiger partial charge in [0.15, 0.2) is 0 Å². The van der Waals surface area contributed by atoms with Crippen molar-refractivity contribution < 1.29 is 10.2 Å². The SMILES string of the molecule is CC[C@@]1(O)CCN(C/C=C/c2ccc(C#Cc3ccc(-c4ccc(Cl)cc4)cn3)cc2)C[C@@H]1O. The lowest BCUT2D eigenvalue weighted by atomic mass is 9.86. The molecule has 0 unspecified atom stereocenters. The quantitative estimate of drug-likeness (QED) is 0.512. The average Bonchev–Trinajstić information content (AvgIpc) is 2.86. The zero-order valence-corrected chi connectivity index (χ0v) is 20.0. The van der Waals surface area contributed by atoms with Gasteiger partial charge in [-0.2, -0.15) is 0 Å². The van der Waals surface area contributed by atoms with Crippen molar-refractivity contribution in [2.75, 3.05) is 19.6 Å². The molecule has 2 heterocycles. The van der Waals surface area contributed by atoms with Crippen LogP contribution in [-0.4, -0.2) is 51.4 Å². The van der Waals surface area contributed by atoms with Gasteiger partial charge < -0.3 is 10.2 Å². The number of pyridine rings is 1. The van der Waals surface area contributed by atoms with Crippen LogP contribution in [0.2, 0.25) is 5.02 Å². The first-order valence-electron chi connectivity index (χ1n) is 11.6. The number of halogens is 1. The Morgan fingerprint density at radius 2 is 1.79 bits per heavy atom. The highest BCUT2D eigenvalue weighted by molar-refractivity contribution is 6.30. The number of likely N-dealkylation sites (tertiary alicyclic amines) is 1. The summed E-state index contributed by atoms with van der Waals surface area (Å²) in [5.41, 5.74) is 3.90. The van der Waals surface area contributed by atoms with Crippen LogP contribution in [0.5, 0.6) is 0 Å². The second-order valence-corrected chi connectivity index (χ2v) is 9.13. The Balaban J connectivity index is 1.31. The molecule has 0 saturated carbocycles. The Morgan fingerprint density at radius 1 is 1.06 bits per heavy atom. The van der Waals surface area contributed by atoms with Gasteiger partial charge in [-0.1, -0.05) is 66.9 Å². The van der Waals surface area contributed by atoms with E-state index in [4.69, 9.17) is 11.6 Å². The molecule has 34 heavy (non-hydrogen) atoms. The number of aliphatic hydroxyl groups is 2. The molecule has 1 fully saturated rings. The van der Waals surface area contributed by atoms with Gasteiger partial charge >= 0.3 is 0 Å². The van der Waals surface area contributed by atoms with Crippen LogP contribution in [0.3, 0.4) is 0 Å². The summed E-state index contributed by atoms with van der Waals surface area (Å²) in [5.74, 6) is 6.29. The molecule has 0 bridgehead atoms. The van der Waals surface area contributed by atoms with Gasteiger partial charge in [0, 0.05) is 42.0 Å². The molecule has 0 radical (unpaired) electrons. The molecule has 1 aliphatic rings. The van der Waals surface area contributed by atoms with Gasteiger partial charge in [0.1, 0.15) is 5.69 Å². The highest BCUT2D eigenvalue weighted by Crippen LogP contribution is 2.25. The highest BCUT2D eigenvalue weighted by atomic mass is 35.5. The van der Waals surface area contributed by atoms with Crippen LogP contribution in [-0.2, 0) is 0 Å². The van der Waals surface area contributed by atoms with Crippen LogP contribution in [0, 0.1) is 11.8 Å². The number of piperidine rings is 1. The van der Waals surface area contributed by atoms with Gasteiger partial charge in [0.25, 0.3) is 0 Å². The van der Waals surface area contributed by atoms with Crippen molar-refractivity contribution in [1.82, 2.24) is 9.88 Å². The topological polar surface area (TPSA) is 56.6 Å². The average molecular weight is 473 g/mol. The van der Waals surface area contributed by atoms with Crippen molar-refractivity contribution >= 4 is 17.7 Å². The molecule has 2 N–H and O–H groups in total. The first kappa shape index (κ1) is 24.2. The molecule has 2 atom stereocenters. The van der Waals surface area contributed by atoms with E-state index in [0.717, 1.165) is 41.0 Å². The van der Waals surface area contributed by atoms with E-state index in [2.05, 4.69) is 33.9 Å². The number of aromatic nitrogens is 1. The number of β-amino-alcohol motifs (C(OH)–C–C–N with tert-alkyl or cyclic N) is 1. The first-order valence-corrected chi connectivity index (χ1v) is 12.0. The van der Waals surface area contributed by atoms with E-state index in [1.807, 2.05) is 73.8 Å². The smallest absolute Gasteiger partial charge is 0.113 e. The van der Waals surface area contributed by atoms with E-state index in [9.17, 15) is 10.2 Å². The highest BCUT2D eigenvalue weighted by Gasteiger charge is 2.38. The minimum absolute atomic E-state index is 0.498. The summed E-state index contributed by atoms with van der Waals surface area (Å²) in [5, 5.41) is 21.3. The molecular weight excluding hydrogens is 444 g/mol. The third-order valence-corrected chi connectivity index (χ3v) is 6.64. The monoisotopic (exact) mass is 472 g/mol. The number of hydrogen-bond donors (Lipinski definition) is 2. The van der Waals surface area contributed by atoms with Crippen molar-refractivity contribution in [2.45, 2.75) is 31.5 Å². The Morgan fingerprint density at radius 3 is 2.44 bits per heavy atom. The fourth-order valence-electron chi connectivity index (χ4n) is 4.03. The molecule has 4 nitrogen and oxygen atoms in total. The predicted molar refractivity (Wildman–Crippen MR) is 138 cm³/mol. The van der Waals surface area contributed by atoms with Gasteiger partial charge in [-0.05, 0) is 60.2 Å². The predicted octanol–water partition coefficient (Wildman–Crippen LogP) is 5.02. The Kier molecular flexibility index (Phi) is 7.82. The van der Waals surface area contributed by atoms with Gasteiger partial charge in [0.2, 0.25) is 0 Å². The molecule has 2 aromatic carbocycles. The lowest BCUT2D eigenvalue weighted by Gasteiger charge is -2.41. The van der Waals surface area contributed by atoms with E-state index >= 15 is 0 Å². The number of rotatable bonds is 5. The Hall–Kier alpha value is -2.94. The fraction of sp³-hybridized carbons (Fsp3) is 0.276. The molecule has 4 rings (SSSR count). The molecule has 3 aromatic rings. The lowest BCUT2D eigenvalue weighted by molar-refractivity contribution is -0.118. The lowest BCUT2D eigenvalue weighted by Crippen LogP contribution is -2.55. The number of nitrogens with zero attached hydrogens (tertiary/aromatic N) is 2. The van der Waals surface area contributed by atoms with Crippen molar-refractivity contribution in [3.05, 3.63) is 94.8 Å². The summed E-state index contributed by atoms with van der Waals surface area (Å²) in [6.45, 7) is 3.95. The van der Waals surface area contributed by atoms with Crippen molar-refractivity contribution in [3.63, 3.8) is 0 Å². The molecule has 0 aliphatic carbocycles. The minimum Gasteiger partial charge on any atom is -0.389 e.